The fourth-order valence-electron chi connectivity index (χ4n) is 3.38. The van der Waals surface area contributed by atoms with Crippen LogP contribution in [0.3, 0.4) is 0 Å². The van der Waals surface area contributed by atoms with Gasteiger partial charge in [-0.3, -0.25) is 10.2 Å². The fraction of sp³-hybridized carbons (Fsp3) is 0.667. The fourth-order valence-corrected chi connectivity index (χ4v) is 3.38. The first kappa shape index (κ1) is 17.0. The van der Waals surface area contributed by atoms with Crippen LogP contribution in [0.25, 0.3) is 0 Å². The molecule has 0 spiro atoms. The molecule has 2 heterocycles. The predicted octanol–water partition coefficient (Wildman–Crippen LogP) is 3.41. The van der Waals surface area contributed by atoms with E-state index in [-0.39, 0.29) is 0 Å². The van der Waals surface area contributed by atoms with E-state index in [9.17, 15) is 4.79 Å². The maximum atomic E-state index is 10.7. The van der Waals surface area contributed by atoms with Gasteiger partial charge in [0.2, 0.25) is 0 Å². The summed E-state index contributed by atoms with van der Waals surface area (Å²) in [6.45, 7) is 4.06. The molecular formula is C18H28N4O2. The Bertz CT molecular complexity index is 533. The van der Waals surface area contributed by atoms with Crippen LogP contribution in [0.4, 0.5) is 16.3 Å². The Morgan fingerprint density at radius 2 is 1.75 bits per heavy atom. The van der Waals surface area contributed by atoms with Crippen molar-refractivity contribution in [3.63, 3.8) is 0 Å². The van der Waals surface area contributed by atoms with Gasteiger partial charge in [-0.2, -0.15) is 0 Å². The zero-order valence-electron chi connectivity index (χ0n) is 14.3. The summed E-state index contributed by atoms with van der Waals surface area (Å²) in [5, 5.41) is 11.1. The third-order valence-corrected chi connectivity index (χ3v) is 4.83. The van der Waals surface area contributed by atoms with Gasteiger partial charge in [0.25, 0.3) is 0 Å². The van der Waals surface area contributed by atoms with Crippen LogP contribution in [-0.2, 0) is 0 Å². The third-order valence-electron chi connectivity index (χ3n) is 4.83. The van der Waals surface area contributed by atoms with Crippen molar-refractivity contribution in [1.29, 1.82) is 0 Å². The molecule has 24 heavy (non-hydrogen) atoms. The molecule has 0 bridgehead atoms. The van der Waals surface area contributed by atoms with Crippen molar-refractivity contribution in [3.05, 3.63) is 18.3 Å². The largest absolute Gasteiger partial charge is 0.465 e. The summed E-state index contributed by atoms with van der Waals surface area (Å²) in [4.78, 5) is 19.9. The van der Waals surface area contributed by atoms with Crippen molar-refractivity contribution in [3.8, 4) is 0 Å². The summed E-state index contributed by atoms with van der Waals surface area (Å²) in [6, 6.07) is 4.26. The normalized spacial score (nSPS) is 21.1. The van der Waals surface area contributed by atoms with Gasteiger partial charge in [0.05, 0.1) is 0 Å². The molecule has 4 rings (SSSR count). The molecule has 1 amide bonds. The average Bonchev–Trinajstić information content (AvgIpc) is 3.38. The molecule has 0 atom stereocenters. The second-order valence-electron chi connectivity index (χ2n) is 6.85. The zero-order valence-corrected chi connectivity index (χ0v) is 14.3. The summed E-state index contributed by atoms with van der Waals surface area (Å²) >= 11 is 0. The molecule has 2 saturated carbocycles. The zero-order chi connectivity index (χ0) is 16.8. The van der Waals surface area contributed by atoms with Crippen molar-refractivity contribution in [2.75, 3.05) is 36.4 Å². The summed E-state index contributed by atoms with van der Waals surface area (Å²) in [5.41, 5.74) is 0.575. The molecule has 0 radical (unpaired) electrons. The first-order valence-corrected chi connectivity index (χ1v) is 9.17. The lowest BCUT2D eigenvalue weighted by Crippen LogP contribution is -2.50. The van der Waals surface area contributed by atoms with Gasteiger partial charge in [-0.1, -0.05) is 32.1 Å². The molecular weight excluding hydrogens is 304 g/mol. The lowest BCUT2D eigenvalue weighted by atomic mass is 10.2. The minimum absolute atomic E-state index is 0.575. The van der Waals surface area contributed by atoms with Crippen LogP contribution in [0, 0.1) is 0 Å². The minimum atomic E-state index is -1.04. The highest BCUT2D eigenvalue weighted by Gasteiger charge is 2.26. The van der Waals surface area contributed by atoms with E-state index in [2.05, 4.69) is 20.1 Å². The lowest BCUT2D eigenvalue weighted by molar-refractivity contribution is 0.187. The first-order chi connectivity index (χ1) is 11.7. The number of pyridine rings is 1. The summed E-state index contributed by atoms with van der Waals surface area (Å²) in [7, 11) is 0. The number of carboxylic acid groups (broad SMARTS) is 1. The van der Waals surface area contributed by atoms with Gasteiger partial charge in [0.15, 0.2) is 0 Å². The number of hydrogen-bond acceptors (Lipinski definition) is 4. The molecule has 3 fully saturated rings. The number of aromatic nitrogens is 1. The molecule has 132 valence electrons. The average molecular weight is 332 g/mol. The molecule has 0 unspecified atom stereocenters. The van der Waals surface area contributed by atoms with Gasteiger partial charge < -0.3 is 10.0 Å². The maximum Gasteiger partial charge on any atom is 0.409 e. The first-order valence-electron chi connectivity index (χ1n) is 9.17. The number of anilines is 2. The van der Waals surface area contributed by atoms with Crippen LogP contribution in [0.2, 0.25) is 0 Å². The van der Waals surface area contributed by atoms with E-state index < -0.39 is 6.09 Å². The Hall–Kier alpha value is -1.82. The molecule has 6 nitrogen and oxygen atoms in total. The molecule has 2 N–H and O–H groups in total. The highest BCUT2D eigenvalue weighted by Crippen LogP contribution is 2.25. The molecule has 3 aliphatic rings. The monoisotopic (exact) mass is 332 g/mol. The highest BCUT2D eigenvalue weighted by atomic mass is 16.4. The minimum Gasteiger partial charge on any atom is -0.465 e. The summed E-state index contributed by atoms with van der Waals surface area (Å²) in [5.74, 6) is 0.854. The molecule has 1 saturated heterocycles. The van der Waals surface area contributed by atoms with Crippen molar-refractivity contribution in [2.45, 2.75) is 51.0 Å². The van der Waals surface area contributed by atoms with Crippen LogP contribution < -0.4 is 10.2 Å². The van der Waals surface area contributed by atoms with E-state index in [1.807, 2.05) is 0 Å². The third kappa shape index (κ3) is 5.09. The number of carbonyl (C=O) groups is 1. The van der Waals surface area contributed by atoms with Crippen molar-refractivity contribution in [2.24, 2.45) is 0 Å². The van der Waals surface area contributed by atoms with E-state index in [1.54, 1.807) is 18.3 Å². The lowest BCUT2D eigenvalue weighted by Gasteiger charge is -2.38. The molecule has 1 aromatic heterocycles. The van der Waals surface area contributed by atoms with Gasteiger partial charge in [-0.05, 0) is 18.9 Å². The molecule has 1 aromatic rings. The molecule has 6 heteroatoms. The van der Waals surface area contributed by atoms with Gasteiger partial charge in [-0.15, -0.1) is 0 Å². The van der Waals surface area contributed by atoms with E-state index in [4.69, 9.17) is 5.11 Å². The Morgan fingerprint density at radius 1 is 1.08 bits per heavy atom. The molecule has 0 aromatic carbocycles. The van der Waals surface area contributed by atoms with Crippen LogP contribution in [0.15, 0.2) is 18.3 Å². The predicted molar refractivity (Wildman–Crippen MR) is 95.8 cm³/mol. The van der Waals surface area contributed by atoms with Gasteiger partial charge in [0, 0.05) is 50.2 Å². The number of hydrogen-bond donors (Lipinski definition) is 2. The Balaban J connectivity index is 0.000000508. The van der Waals surface area contributed by atoms with Crippen molar-refractivity contribution < 1.29 is 9.90 Å². The van der Waals surface area contributed by atoms with Crippen molar-refractivity contribution >= 4 is 17.6 Å². The van der Waals surface area contributed by atoms with Crippen molar-refractivity contribution in [1.82, 2.24) is 9.88 Å². The van der Waals surface area contributed by atoms with Crippen LogP contribution in [0.5, 0.6) is 0 Å². The Labute approximate surface area is 143 Å². The smallest absolute Gasteiger partial charge is 0.409 e. The van der Waals surface area contributed by atoms with E-state index in [1.165, 1.54) is 44.9 Å². The number of rotatable bonds is 3. The SMILES string of the molecule is C1CC1.O=C(O)Nc1ccnc(N2CCN(C3CCCC3)CC2)c1. The summed E-state index contributed by atoms with van der Waals surface area (Å²) in [6.07, 6.45) is 10.5. The van der Waals surface area contributed by atoms with Gasteiger partial charge in [-0.25, -0.2) is 9.78 Å². The van der Waals surface area contributed by atoms with Crippen LogP contribution >= 0.6 is 0 Å². The van der Waals surface area contributed by atoms with Crippen LogP contribution in [-0.4, -0.2) is 53.3 Å². The number of piperazine rings is 1. The van der Waals surface area contributed by atoms with E-state index >= 15 is 0 Å². The second kappa shape index (κ2) is 8.33. The standard InChI is InChI=1S/C15H22N4O2.C3H6/c20-15(21)17-12-5-6-16-14(11-12)19-9-7-18(8-10-19)13-3-1-2-4-13;1-2-3-1/h5-6,11,13H,1-4,7-10H2,(H,16,17)(H,20,21);1-3H2. The van der Waals surface area contributed by atoms with Gasteiger partial charge in [0.1, 0.15) is 5.82 Å². The summed E-state index contributed by atoms with van der Waals surface area (Å²) < 4.78 is 0. The molecule has 1 aliphatic heterocycles. The van der Waals surface area contributed by atoms with E-state index in [0.29, 0.717) is 5.69 Å². The second-order valence-corrected chi connectivity index (χ2v) is 6.85. The van der Waals surface area contributed by atoms with Gasteiger partial charge >= 0.3 is 6.09 Å². The number of nitrogens with one attached hydrogen (secondary N) is 1. The molecule has 2 aliphatic carbocycles. The Morgan fingerprint density at radius 3 is 2.33 bits per heavy atom. The number of nitrogens with zero attached hydrogens (tertiary/aromatic N) is 3. The van der Waals surface area contributed by atoms with Crippen LogP contribution in [0.1, 0.15) is 44.9 Å². The quantitative estimate of drug-likeness (QED) is 0.888. The van der Waals surface area contributed by atoms with E-state index in [0.717, 1.165) is 38.0 Å². The highest BCUT2D eigenvalue weighted by molar-refractivity contribution is 5.83. The Kier molecular flexibility index (Phi) is 5.91. The number of amides is 1. The maximum absolute atomic E-state index is 10.7. The topological polar surface area (TPSA) is 68.7 Å².